The Kier molecular flexibility index (Phi) is 4.20. The molecule has 2 rings (SSSR count). The third-order valence-corrected chi connectivity index (χ3v) is 3.67. The van der Waals surface area contributed by atoms with Crippen LogP contribution in [-0.4, -0.2) is 23.3 Å². The van der Waals surface area contributed by atoms with Crippen molar-refractivity contribution in [2.24, 2.45) is 5.92 Å². The highest BCUT2D eigenvalue weighted by Gasteiger charge is 2.45. The summed E-state index contributed by atoms with van der Waals surface area (Å²) in [5.41, 5.74) is 0.641. The molecule has 20 heavy (non-hydrogen) atoms. The summed E-state index contributed by atoms with van der Waals surface area (Å²) < 4.78 is 38.8. The molecule has 1 aliphatic rings. The number of aromatic carboxylic acids is 1. The van der Waals surface area contributed by atoms with Crippen LogP contribution in [0.1, 0.15) is 36.0 Å². The van der Waals surface area contributed by atoms with Crippen molar-refractivity contribution in [3.05, 3.63) is 29.8 Å². The molecule has 0 saturated heterocycles. The maximum atomic E-state index is 12.9. The minimum Gasteiger partial charge on any atom is -0.478 e. The zero-order valence-corrected chi connectivity index (χ0v) is 10.8. The number of hydrogen-bond acceptors (Lipinski definition) is 2. The van der Waals surface area contributed by atoms with Gasteiger partial charge in [-0.3, -0.25) is 0 Å². The second-order valence-electron chi connectivity index (χ2n) is 5.07. The molecular formula is C14H16F3NO2. The molecule has 3 nitrogen and oxygen atoms in total. The van der Waals surface area contributed by atoms with E-state index >= 15 is 0 Å². The molecule has 110 valence electrons. The van der Waals surface area contributed by atoms with Gasteiger partial charge in [0.1, 0.15) is 0 Å². The number of halogens is 3. The van der Waals surface area contributed by atoms with E-state index < -0.39 is 24.1 Å². The largest absolute Gasteiger partial charge is 0.478 e. The van der Waals surface area contributed by atoms with Crippen LogP contribution in [0.2, 0.25) is 0 Å². The van der Waals surface area contributed by atoms with Gasteiger partial charge >= 0.3 is 12.1 Å². The van der Waals surface area contributed by atoms with Crippen molar-refractivity contribution in [3.8, 4) is 0 Å². The molecule has 0 aliphatic heterocycles. The first-order valence-corrected chi connectivity index (χ1v) is 6.54. The normalized spacial score (nSPS) is 23.4. The predicted molar refractivity (Wildman–Crippen MR) is 68.8 cm³/mol. The topological polar surface area (TPSA) is 49.3 Å². The summed E-state index contributed by atoms with van der Waals surface area (Å²) in [5.74, 6) is -2.39. The van der Waals surface area contributed by atoms with Gasteiger partial charge in [-0.1, -0.05) is 12.8 Å². The Hall–Kier alpha value is -1.72. The van der Waals surface area contributed by atoms with Crippen molar-refractivity contribution in [1.29, 1.82) is 0 Å². The van der Waals surface area contributed by atoms with Crippen molar-refractivity contribution in [1.82, 2.24) is 0 Å². The fourth-order valence-electron chi connectivity index (χ4n) is 2.62. The van der Waals surface area contributed by atoms with Crippen molar-refractivity contribution in [2.75, 3.05) is 5.32 Å². The lowest BCUT2D eigenvalue weighted by molar-refractivity contribution is -0.184. The van der Waals surface area contributed by atoms with E-state index in [1.165, 1.54) is 24.3 Å². The minimum absolute atomic E-state index is 0.117. The van der Waals surface area contributed by atoms with Crippen LogP contribution < -0.4 is 5.32 Å². The van der Waals surface area contributed by atoms with Gasteiger partial charge in [0.2, 0.25) is 0 Å². The molecule has 0 amide bonds. The van der Waals surface area contributed by atoms with Crippen LogP contribution in [0.3, 0.4) is 0 Å². The number of carboxylic acids is 1. The lowest BCUT2D eigenvalue weighted by atomic mass is 9.84. The van der Waals surface area contributed by atoms with Crippen LogP contribution in [0, 0.1) is 5.92 Å². The highest BCUT2D eigenvalue weighted by Crippen LogP contribution is 2.38. The van der Waals surface area contributed by atoms with Crippen LogP contribution in [0.25, 0.3) is 0 Å². The van der Waals surface area contributed by atoms with Gasteiger partial charge in [-0.2, -0.15) is 13.2 Å². The molecule has 0 spiro atoms. The molecular weight excluding hydrogens is 271 g/mol. The van der Waals surface area contributed by atoms with E-state index in [2.05, 4.69) is 5.32 Å². The Balaban J connectivity index is 2.08. The third kappa shape index (κ3) is 3.43. The number of nitrogens with one attached hydrogen (secondary N) is 1. The molecule has 0 bridgehead atoms. The Labute approximate surface area is 114 Å². The Morgan fingerprint density at radius 3 is 2.30 bits per heavy atom. The molecule has 1 fully saturated rings. The number of carbonyl (C=O) groups is 1. The number of rotatable bonds is 3. The van der Waals surface area contributed by atoms with Crippen molar-refractivity contribution in [3.63, 3.8) is 0 Å². The number of alkyl halides is 3. The van der Waals surface area contributed by atoms with Crippen LogP contribution in [-0.2, 0) is 0 Å². The second kappa shape index (κ2) is 5.73. The fourth-order valence-corrected chi connectivity index (χ4v) is 2.62. The molecule has 2 unspecified atom stereocenters. The van der Waals surface area contributed by atoms with Gasteiger partial charge < -0.3 is 10.4 Å². The van der Waals surface area contributed by atoms with Gasteiger partial charge in [0.05, 0.1) is 11.5 Å². The zero-order valence-electron chi connectivity index (χ0n) is 10.8. The summed E-state index contributed by atoms with van der Waals surface area (Å²) in [4.78, 5) is 10.7. The molecule has 0 aromatic heterocycles. The first-order chi connectivity index (χ1) is 9.38. The van der Waals surface area contributed by atoms with Crippen LogP contribution in [0.5, 0.6) is 0 Å². The zero-order chi connectivity index (χ0) is 14.8. The maximum Gasteiger partial charge on any atom is 0.393 e. The lowest BCUT2D eigenvalue weighted by Crippen LogP contribution is -2.41. The van der Waals surface area contributed by atoms with E-state index in [0.717, 1.165) is 6.42 Å². The van der Waals surface area contributed by atoms with Gasteiger partial charge in [-0.05, 0) is 37.1 Å². The molecule has 1 aromatic rings. The average molecular weight is 287 g/mol. The van der Waals surface area contributed by atoms with E-state index in [0.29, 0.717) is 18.5 Å². The SMILES string of the molecule is O=C(O)c1ccc(NC2CCCCC2C(F)(F)F)cc1. The molecule has 1 aliphatic carbocycles. The van der Waals surface area contributed by atoms with E-state index in [1.807, 2.05) is 0 Å². The van der Waals surface area contributed by atoms with E-state index in [1.54, 1.807) is 0 Å². The second-order valence-corrected chi connectivity index (χ2v) is 5.07. The van der Waals surface area contributed by atoms with Crippen molar-refractivity contribution < 1.29 is 23.1 Å². The van der Waals surface area contributed by atoms with Gasteiger partial charge in [-0.15, -0.1) is 0 Å². The van der Waals surface area contributed by atoms with E-state index in [9.17, 15) is 18.0 Å². The van der Waals surface area contributed by atoms with Crippen molar-refractivity contribution in [2.45, 2.75) is 37.9 Å². The molecule has 0 radical (unpaired) electrons. The Morgan fingerprint density at radius 1 is 1.15 bits per heavy atom. The fraction of sp³-hybridized carbons (Fsp3) is 0.500. The van der Waals surface area contributed by atoms with Crippen LogP contribution in [0.4, 0.5) is 18.9 Å². The lowest BCUT2D eigenvalue weighted by Gasteiger charge is -2.34. The summed E-state index contributed by atoms with van der Waals surface area (Å²) in [6.45, 7) is 0. The summed E-state index contributed by atoms with van der Waals surface area (Å²) in [7, 11) is 0. The third-order valence-electron chi connectivity index (χ3n) is 3.67. The first-order valence-electron chi connectivity index (χ1n) is 6.54. The number of hydrogen-bond donors (Lipinski definition) is 2. The number of anilines is 1. The molecule has 2 N–H and O–H groups in total. The monoisotopic (exact) mass is 287 g/mol. The molecule has 2 atom stereocenters. The standard InChI is InChI=1S/C14H16F3NO2/c15-14(16,17)11-3-1-2-4-12(11)18-10-7-5-9(6-8-10)13(19)20/h5-8,11-12,18H,1-4H2,(H,19,20). The molecule has 0 heterocycles. The Bertz CT molecular complexity index is 470. The Morgan fingerprint density at radius 2 is 1.75 bits per heavy atom. The highest BCUT2D eigenvalue weighted by molar-refractivity contribution is 5.88. The van der Waals surface area contributed by atoms with E-state index in [-0.39, 0.29) is 12.0 Å². The van der Waals surface area contributed by atoms with E-state index in [4.69, 9.17) is 5.11 Å². The smallest absolute Gasteiger partial charge is 0.393 e. The van der Waals surface area contributed by atoms with Gasteiger partial charge in [0, 0.05) is 11.7 Å². The molecule has 1 aromatic carbocycles. The van der Waals surface area contributed by atoms with Crippen molar-refractivity contribution >= 4 is 11.7 Å². The summed E-state index contributed by atoms with van der Waals surface area (Å²) in [6.07, 6.45) is -2.20. The summed E-state index contributed by atoms with van der Waals surface area (Å²) in [5, 5.41) is 11.7. The van der Waals surface area contributed by atoms with Gasteiger partial charge in [-0.25, -0.2) is 4.79 Å². The van der Waals surface area contributed by atoms with Gasteiger partial charge in [0.15, 0.2) is 0 Å². The first kappa shape index (κ1) is 14.7. The predicted octanol–water partition coefficient (Wildman–Crippen LogP) is 3.92. The quantitative estimate of drug-likeness (QED) is 0.886. The van der Waals surface area contributed by atoms with Gasteiger partial charge in [0.25, 0.3) is 0 Å². The molecule has 1 saturated carbocycles. The summed E-state index contributed by atoms with van der Waals surface area (Å²) in [6, 6.07) is 5.14. The maximum absolute atomic E-state index is 12.9. The molecule has 6 heteroatoms. The minimum atomic E-state index is -4.20. The number of carboxylic acid groups (broad SMARTS) is 1. The highest BCUT2D eigenvalue weighted by atomic mass is 19.4. The van der Waals surface area contributed by atoms with Crippen LogP contribution in [0.15, 0.2) is 24.3 Å². The number of benzene rings is 1. The summed E-state index contributed by atoms with van der Waals surface area (Å²) >= 11 is 0. The van der Waals surface area contributed by atoms with Crippen LogP contribution >= 0.6 is 0 Å². The average Bonchev–Trinajstić information content (AvgIpc) is 2.38.